The summed E-state index contributed by atoms with van der Waals surface area (Å²) < 4.78 is 4.59. The van der Waals surface area contributed by atoms with Crippen molar-refractivity contribution in [3.05, 3.63) is 35.4 Å². The molecule has 0 aliphatic heterocycles. The summed E-state index contributed by atoms with van der Waals surface area (Å²) in [4.78, 5) is 11.6. The van der Waals surface area contributed by atoms with Crippen molar-refractivity contribution in [3.63, 3.8) is 0 Å². The summed E-state index contributed by atoms with van der Waals surface area (Å²) >= 11 is 6.01. The lowest BCUT2D eigenvalue weighted by Crippen LogP contribution is -2.41. The molecule has 0 aromatic heterocycles. The molecule has 1 aromatic carbocycles. The van der Waals surface area contributed by atoms with Crippen LogP contribution in [0.1, 0.15) is 11.1 Å². The van der Waals surface area contributed by atoms with Crippen LogP contribution in [0, 0.1) is 0 Å². The Kier molecular flexibility index (Phi) is 2.44. The van der Waals surface area contributed by atoms with Crippen LogP contribution in [0.25, 0.3) is 0 Å². The van der Waals surface area contributed by atoms with E-state index in [0.717, 1.165) is 5.56 Å². The first-order chi connectivity index (χ1) is 7.10. The van der Waals surface area contributed by atoms with E-state index in [4.69, 9.17) is 11.6 Å². The zero-order valence-electron chi connectivity index (χ0n) is 8.24. The predicted octanol–water partition coefficient (Wildman–Crippen LogP) is 1.21. The van der Waals surface area contributed by atoms with E-state index in [1.807, 2.05) is 12.1 Å². The van der Waals surface area contributed by atoms with Crippen LogP contribution in [0.15, 0.2) is 24.3 Å². The van der Waals surface area contributed by atoms with Crippen LogP contribution in [0.5, 0.6) is 0 Å². The van der Waals surface area contributed by atoms with Crippen LogP contribution in [-0.4, -0.2) is 23.6 Å². The Morgan fingerprint density at radius 1 is 1.60 bits per heavy atom. The highest BCUT2D eigenvalue weighted by Gasteiger charge is 2.51. The molecule has 0 saturated carbocycles. The van der Waals surface area contributed by atoms with Gasteiger partial charge in [-0.1, -0.05) is 24.3 Å². The average molecular weight is 227 g/mol. The van der Waals surface area contributed by atoms with Gasteiger partial charge in [-0.3, -0.25) is 0 Å². The minimum Gasteiger partial charge on any atom is -0.467 e. The van der Waals surface area contributed by atoms with E-state index in [1.165, 1.54) is 7.11 Å². The molecule has 0 radical (unpaired) electrons. The Hall–Kier alpha value is -1.06. The molecule has 0 spiro atoms. The Morgan fingerprint density at radius 2 is 2.27 bits per heavy atom. The first-order valence-corrected chi connectivity index (χ1v) is 5.07. The van der Waals surface area contributed by atoms with Gasteiger partial charge in [0.05, 0.1) is 12.5 Å². The van der Waals surface area contributed by atoms with E-state index in [9.17, 15) is 9.90 Å². The number of methoxy groups -OCH3 is 1. The maximum atomic E-state index is 11.6. The van der Waals surface area contributed by atoms with Gasteiger partial charge in [-0.05, 0) is 17.5 Å². The molecule has 15 heavy (non-hydrogen) atoms. The van der Waals surface area contributed by atoms with E-state index in [1.54, 1.807) is 12.1 Å². The molecule has 1 N–H and O–H groups in total. The number of halogens is 1. The van der Waals surface area contributed by atoms with E-state index < -0.39 is 16.9 Å². The van der Waals surface area contributed by atoms with Gasteiger partial charge in [0.25, 0.3) is 0 Å². The Bertz CT molecular complexity index is 405. The third kappa shape index (κ3) is 1.34. The zero-order chi connectivity index (χ0) is 11.1. The Labute approximate surface area is 92.6 Å². The molecule has 1 aliphatic rings. The molecule has 80 valence electrons. The van der Waals surface area contributed by atoms with Gasteiger partial charge in [0.2, 0.25) is 5.60 Å². The maximum absolute atomic E-state index is 11.6. The number of rotatable bonds is 1. The van der Waals surface area contributed by atoms with Crippen molar-refractivity contribution in [2.24, 2.45) is 0 Å². The van der Waals surface area contributed by atoms with Crippen LogP contribution in [0.2, 0.25) is 0 Å². The third-order valence-electron chi connectivity index (χ3n) is 2.78. The normalized spacial score (nSPS) is 28.6. The first-order valence-electron chi connectivity index (χ1n) is 4.64. The summed E-state index contributed by atoms with van der Waals surface area (Å²) in [5, 5.41) is 9.61. The fourth-order valence-electron chi connectivity index (χ4n) is 1.97. The molecule has 0 fully saturated rings. The first kappa shape index (κ1) is 10.5. The smallest absolute Gasteiger partial charge is 0.344 e. The van der Waals surface area contributed by atoms with Crippen molar-refractivity contribution in [2.75, 3.05) is 7.11 Å². The molecule has 0 heterocycles. The van der Waals surface area contributed by atoms with Gasteiger partial charge in [-0.15, -0.1) is 11.6 Å². The molecule has 1 aliphatic carbocycles. The lowest BCUT2D eigenvalue weighted by Gasteiger charge is -2.23. The molecule has 0 saturated heterocycles. The van der Waals surface area contributed by atoms with Gasteiger partial charge in [0.15, 0.2) is 0 Å². The number of esters is 1. The Morgan fingerprint density at radius 3 is 2.93 bits per heavy atom. The van der Waals surface area contributed by atoms with Crippen LogP contribution in [-0.2, 0) is 21.6 Å². The van der Waals surface area contributed by atoms with Gasteiger partial charge in [-0.2, -0.15) is 0 Å². The minimum absolute atomic E-state index is 0.476. The molecule has 0 unspecified atom stereocenters. The van der Waals surface area contributed by atoms with Crippen LogP contribution in [0.4, 0.5) is 0 Å². The highest BCUT2D eigenvalue weighted by atomic mass is 35.5. The summed E-state index contributed by atoms with van der Waals surface area (Å²) in [7, 11) is 1.24. The molecule has 0 amide bonds. The number of alkyl halides is 1. The molecule has 3 nitrogen and oxygen atoms in total. The lowest BCUT2D eigenvalue weighted by atomic mass is 9.96. The van der Waals surface area contributed by atoms with Gasteiger partial charge < -0.3 is 9.84 Å². The van der Waals surface area contributed by atoms with Gasteiger partial charge in [0, 0.05) is 0 Å². The lowest BCUT2D eigenvalue weighted by molar-refractivity contribution is -0.162. The molecule has 4 heteroatoms. The highest BCUT2D eigenvalue weighted by Crippen LogP contribution is 2.40. The van der Waals surface area contributed by atoms with Crippen LogP contribution < -0.4 is 0 Å². The second-order valence-electron chi connectivity index (χ2n) is 3.59. The number of carbonyl (C=O) groups is 1. The number of hydrogen-bond acceptors (Lipinski definition) is 3. The van der Waals surface area contributed by atoms with Crippen LogP contribution in [0.3, 0.4) is 0 Å². The van der Waals surface area contributed by atoms with E-state index in [0.29, 0.717) is 12.0 Å². The number of carbonyl (C=O) groups excluding carboxylic acids is 1. The molecular formula is C11H11ClO3. The van der Waals surface area contributed by atoms with Gasteiger partial charge >= 0.3 is 5.97 Å². The number of benzene rings is 1. The summed E-state index contributed by atoms with van der Waals surface area (Å²) in [5.74, 6) is -0.701. The van der Waals surface area contributed by atoms with Crippen LogP contribution >= 0.6 is 11.6 Å². The quantitative estimate of drug-likeness (QED) is 0.579. The molecule has 2 rings (SSSR count). The van der Waals surface area contributed by atoms with Crippen molar-refractivity contribution in [1.29, 1.82) is 0 Å². The van der Waals surface area contributed by atoms with Crippen molar-refractivity contribution in [3.8, 4) is 0 Å². The average Bonchev–Trinajstić information content (AvgIpc) is 2.52. The molecule has 1 aromatic rings. The standard InChI is InChI=1S/C11H11ClO3/c1-15-10(13)11(14)8-5-3-2-4-7(8)6-9(11)12/h2-5,9,14H,6H2,1H3/t9-,11+/m0/s1. The SMILES string of the molecule is COC(=O)[C@@]1(O)c2ccccc2C[C@@H]1Cl. The monoisotopic (exact) mass is 226 g/mol. The van der Waals surface area contributed by atoms with Gasteiger partial charge in [0.1, 0.15) is 0 Å². The van der Waals surface area contributed by atoms with E-state index >= 15 is 0 Å². The summed E-state index contributed by atoms with van der Waals surface area (Å²) in [6.45, 7) is 0. The summed E-state index contributed by atoms with van der Waals surface area (Å²) in [5.41, 5.74) is -0.255. The maximum Gasteiger partial charge on any atom is 0.344 e. The van der Waals surface area contributed by atoms with E-state index in [-0.39, 0.29) is 0 Å². The number of aliphatic hydroxyl groups is 1. The van der Waals surface area contributed by atoms with Crippen molar-refractivity contribution >= 4 is 17.6 Å². The fourth-order valence-corrected chi connectivity index (χ4v) is 2.35. The van der Waals surface area contributed by atoms with Crippen molar-refractivity contribution in [2.45, 2.75) is 17.4 Å². The van der Waals surface area contributed by atoms with Crippen molar-refractivity contribution in [1.82, 2.24) is 0 Å². The highest BCUT2D eigenvalue weighted by molar-refractivity contribution is 6.23. The molecule has 0 bridgehead atoms. The summed E-state index contributed by atoms with van der Waals surface area (Å²) in [6, 6.07) is 7.17. The van der Waals surface area contributed by atoms with E-state index in [2.05, 4.69) is 4.74 Å². The topological polar surface area (TPSA) is 46.5 Å². The molecular weight excluding hydrogens is 216 g/mol. The van der Waals surface area contributed by atoms with Gasteiger partial charge in [-0.25, -0.2) is 4.79 Å². The number of ether oxygens (including phenoxy) is 1. The second-order valence-corrected chi connectivity index (χ2v) is 4.11. The predicted molar refractivity (Wildman–Crippen MR) is 55.7 cm³/mol. The van der Waals surface area contributed by atoms with Crippen molar-refractivity contribution < 1.29 is 14.6 Å². The largest absolute Gasteiger partial charge is 0.467 e. The fraction of sp³-hybridized carbons (Fsp3) is 0.364. The number of fused-ring (bicyclic) bond motifs is 1. The summed E-state index contributed by atoms with van der Waals surface area (Å²) in [6.07, 6.45) is 0.476. The Balaban J connectivity index is 2.54. The zero-order valence-corrected chi connectivity index (χ0v) is 8.99. The number of hydrogen-bond donors (Lipinski definition) is 1. The third-order valence-corrected chi connectivity index (χ3v) is 3.25. The second kappa shape index (κ2) is 3.51. The molecule has 2 atom stereocenters. The minimum atomic E-state index is -1.70.